The number of rotatable bonds is 5. The van der Waals surface area contributed by atoms with E-state index in [2.05, 4.69) is 31.9 Å². The quantitative estimate of drug-likeness (QED) is 0.739. The highest BCUT2D eigenvalue weighted by atomic mass is 32.2. The van der Waals surface area contributed by atoms with E-state index in [9.17, 15) is 5.26 Å². The monoisotopic (exact) mass is 248 g/mol. The Balaban J connectivity index is 3.17. The first-order chi connectivity index (χ1) is 8.19. The smallest absolute Gasteiger partial charge is 0.103 e. The van der Waals surface area contributed by atoms with E-state index in [4.69, 9.17) is 0 Å². The highest BCUT2D eigenvalue weighted by Gasteiger charge is 2.16. The largest absolute Gasteiger partial charge is 0.371 e. The third kappa shape index (κ3) is 2.95. The van der Waals surface area contributed by atoms with Crippen LogP contribution in [-0.4, -0.2) is 19.3 Å². The molecule has 0 saturated heterocycles. The zero-order valence-corrected chi connectivity index (χ0v) is 11.8. The fourth-order valence-corrected chi connectivity index (χ4v) is 2.70. The molecule has 0 bridgehead atoms. The van der Waals surface area contributed by atoms with Crippen molar-refractivity contribution in [3.63, 3.8) is 0 Å². The van der Waals surface area contributed by atoms with Crippen LogP contribution in [0.15, 0.2) is 23.1 Å². The van der Waals surface area contributed by atoms with Gasteiger partial charge in [0.05, 0.1) is 11.3 Å². The summed E-state index contributed by atoms with van der Waals surface area (Å²) >= 11 is 1.63. The van der Waals surface area contributed by atoms with E-state index in [-0.39, 0.29) is 0 Å². The molecule has 0 aliphatic carbocycles. The highest BCUT2D eigenvalue weighted by molar-refractivity contribution is 7.98. The van der Waals surface area contributed by atoms with Crippen LogP contribution in [-0.2, 0) is 0 Å². The third-order valence-electron chi connectivity index (χ3n) is 3.21. The van der Waals surface area contributed by atoms with Gasteiger partial charge >= 0.3 is 0 Å². The first-order valence-corrected chi connectivity index (χ1v) is 7.21. The summed E-state index contributed by atoms with van der Waals surface area (Å²) in [5.74, 6) is 0. The lowest BCUT2D eigenvalue weighted by Crippen LogP contribution is -2.31. The number of thioether (sulfide) groups is 1. The minimum Gasteiger partial charge on any atom is -0.371 e. The van der Waals surface area contributed by atoms with Crippen LogP contribution >= 0.6 is 11.8 Å². The molecule has 0 N–H and O–H groups in total. The van der Waals surface area contributed by atoms with Crippen LogP contribution < -0.4 is 4.90 Å². The summed E-state index contributed by atoms with van der Waals surface area (Å²) in [7, 11) is 2.08. The van der Waals surface area contributed by atoms with Crippen molar-refractivity contribution in [2.24, 2.45) is 0 Å². The average molecular weight is 248 g/mol. The maximum absolute atomic E-state index is 9.32. The van der Waals surface area contributed by atoms with Gasteiger partial charge in [0.2, 0.25) is 0 Å². The second-order valence-electron chi connectivity index (χ2n) is 4.05. The van der Waals surface area contributed by atoms with E-state index in [1.807, 2.05) is 24.5 Å². The van der Waals surface area contributed by atoms with E-state index in [0.29, 0.717) is 6.04 Å². The van der Waals surface area contributed by atoms with Gasteiger partial charge in [-0.15, -0.1) is 11.8 Å². The molecule has 0 aliphatic rings. The lowest BCUT2D eigenvalue weighted by molar-refractivity contribution is 0.591. The molecule has 17 heavy (non-hydrogen) atoms. The number of nitrogens with zero attached hydrogens (tertiary/aromatic N) is 2. The second-order valence-corrected chi connectivity index (χ2v) is 4.90. The van der Waals surface area contributed by atoms with Crippen molar-refractivity contribution in [2.45, 2.75) is 37.6 Å². The first kappa shape index (κ1) is 13.9. The molecule has 0 amide bonds. The van der Waals surface area contributed by atoms with Gasteiger partial charge in [-0.25, -0.2) is 0 Å². The van der Waals surface area contributed by atoms with Gasteiger partial charge in [-0.1, -0.05) is 19.9 Å². The van der Waals surface area contributed by atoms with Crippen LogP contribution in [0.1, 0.15) is 32.3 Å². The molecule has 92 valence electrons. The topological polar surface area (TPSA) is 27.0 Å². The molecule has 1 aromatic rings. The fraction of sp³-hybridized carbons (Fsp3) is 0.500. The lowest BCUT2D eigenvalue weighted by atomic mass is 10.1. The van der Waals surface area contributed by atoms with E-state index in [1.165, 1.54) is 0 Å². The van der Waals surface area contributed by atoms with Crippen LogP contribution in [0.25, 0.3) is 0 Å². The molecular formula is C14H20N2S. The highest BCUT2D eigenvalue weighted by Crippen LogP contribution is 2.30. The van der Waals surface area contributed by atoms with Crippen molar-refractivity contribution in [3.8, 4) is 6.07 Å². The van der Waals surface area contributed by atoms with Crippen LogP contribution in [0.5, 0.6) is 0 Å². The van der Waals surface area contributed by atoms with E-state index >= 15 is 0 Å². The molecular weight excluding hydrogens is 228 g/mol. The Labute approximate surface area is 109 Å². The molecule has 0 aliphatic heterocycles. The van der Waals surface area contributed by atoms with Crippen molar-refractivity contribution >= 4 is 17.4 Å². The SMILES string of the molecule is CCC(CC)N(C)c1cccc(SC)c1C#N. The minimum atomic E-state index is 0.499. The number of benzene rings is 1. The summed E-state index contributed by atoms with van der Waals surface area (Å²) in [4.78, 5) is 3.29. The van der Waals surface area contributed by atoms with Crippen molar-refractivity contribution in [1.82, 2.24) is 0 Å². The van der Waals surface area contributed by atoms with Crippen molar-refractivity contribution < 1.29 is 0 Å². The van der Waals surface area contributed by atoms with Crippen LogP contribution in [0.4, 0.5) is 5.69 Å². The van der Waals surface area contributed by atoms with Gasteiger partial charge in [0.15, 0.2) is 0 Å². The Kier molecular flexibility index (Phi) is 5.37. The van der Waals surface area contributed by atoms with Gasteiger partial charge in [0.25, 0.3) is 0 Å². The van der Waals surface area contributed by atoms with Crippen molar-refractivity contribution in [3.05, 3.63) is 23.8 Å². The van der Waals surface area contributed by atoms with Gasteiger partial charge in [-0.3, -0.25) is 0 Å². The second kappa shape index (κ2) is 6.56. The van der Waals surface area contributed by atoms with Gasteiger partial charge in [-0.05, 0) is 31.2 Å². The van der Waals surface area contributed by atoms with Crippen LogP contribution in [0.2, 0.25) is 0 Å². The summed E-state index contributed by atoms with van der Waals surface area (Å²) in [6.07, 6.45) is 4.21. The first-order valence-electron chi connectivity index (χ1n) is 5.99. The van der Waals surface area contributed by atoms with E-state index < -0.39 is 0 Å². The zero-order chi connectivity index (χ0) is 12.8. The third-order valence-corrected chi connectivity index (χ3v) is 3.99. The van der Waals surface area contributed by atoms with Crippen molar-refractivity contribution in [2.75, 3.05) is 18.2 Å². The maximum atomic E-state index is 9.32. The molecule has 2 nitrogen and oxygen atoms in total. The maximum Gasteiger partial charge on any atom is 0.103 e. The Morgan fingerprint density at radius 1 is 1.35 bits per heavy atom. The molecule has 0 radical (unpaired) electrons. The van der Waals surface area contributed by atoms with E-state index in [0.717, 1.165) is 29.0 Å². The van der Waals surface area contributed by atoms with E-state index in [1.54, 1.807) is 11.8 Å². The summed E-state index contributed by atoms with van der Waals surface area (Å²) in [6, 6.07) is 8.91. The van der Waals surface area contributed by atoms with Gasteiger partial charge in [-0.2, -0.15) is 5.26 Å². The fourth-order valence-electron chi connectivity index (χ4n) is 2.13. The number of hydrogen-bond donors (Lipinski definition) is 0. The number of anilines is 1. The normalized spacial score (nSPS) is 10.4. The minimum absolute atomic E-state index is 0.499. The molecule has 1 aromatic carbocycles. The Morgan fingerprint density at radius 3 is 2.47 bits per heavy atom. The zero-order valence-electron chi connectivity index (χ0n) is 11.0. The Morgan fingerprint density at radius 2 is 2.00 bits per heavy atom. The average Bonchev–Trinajstić information content (AvgIpc) is 2.38. The summed E-state index contributed by atoms with van der Waals surface area (Å²) in [6.45, 7) is 4.38. The molecule has 0 fully saturated rings. The van der Waals surface area contributed by atoms with Gasteiger partial charge in [0, 0.05) is 18.0 Å². The molecule has 0 spiro atoms. The summed E-state index contributed by atoms with van der Waals surface area (Å²) < 4.78 is 0. The molecule has 0 unspecified atom stereocenters. The Hall–Kier alpha value is -1.14. The molecule has 1 rings (SSSR count). The van der Waals surface area contributed by atoms with Gasteiger partial charge < -0.3 is 4.90 Å². The predicted molar refractivity (Wildman–Crippen MR) is 75.7 cm³/mol. The van der Waals surface area contributed by atoms with Crippen LogP contribution in [0.3, 0.4) is 0 Å². The molecule has 0 heterocycles. The predicted octanol–water partition coefficient (Wildman–Crippen LogP) is 3.90. The summed E-state index contributed by atoms with van der Waals surface area (Å²) in [5, 5.41) is 9.32. The molecule has 0 saturated carbocycles. The lowest BCUT2D eigenvalue weighted by Gasteiger charge is -2.29. The van der Waals surface area contributed by atoms with Crippen LogP contribution in [0, 0.1) is 11.3 Å². The standard InChI is InChI=1S/C14H20N2S/c1-5-11(6-2)16(3)13-8-7-9-14(17-4)12(13)10-15/h7-9,11H,5-6H2,1-4H3. The number of nitriles is 1. The Bertz CT molecular complexity index is 405. The van der Waals surface area contributed by atoms with Gasteiger partial charge in [0.1, 0.15) is 6.07 Å². The molecule has 0 aromatic heterocycles. The molecule has 0 atom stereocenters. The van der Waals surface area contributed by atoms with Crippen molar-refractivity contribution in [1.29, 1.82) is 5.26 Å². The summed E-state index contributed by atoms with van der Waals surface area (Å²) in [5.41, 5.74) is 1.85. The number of hydrogen-bond acceptors (Lipinski definition) is 3. The molecule has 3 heteroatoms.